The van der Waals surface area contributed by atoms with Gasteiger partial charge in [0.05, 0.1) is 10.7 Å². The van der Waals surface area contributed by atoms with Crippen LogP contribution in [0.5, 0.6) is 0 Å². The minimum atomic E-state index is -0.0673. The fourth-order valence-corrected chi connectivity index (χ4v) is 4.02. The Morgan fingerprint density at radius 2 is 1.60 bits per heavy atom. The summed E-state index contributed by atoms with van der Waals surface area (Å²) in [5, 5.41) is 10.7. The summed E-state index contributed by atoms with van der Waals surface area (Å²) >= 11 is 6.50. The Hall–Kier alpha value is -2.82. The van der Waals surface area contributed by atoms with E-state index in [0.29, 0.717) is 18.7 Å². The maximum atomic E-state index is 12.4. The van der Waals surface area contributed by atoms with Gasteiger partial charge >= 0.3 is 0 Å². The van der Waals surface area contributed by atoms with E-state index in [9.17, 15) is 4.79 Å². The molecule has 5 heteroatoms. The number of fused-ring (bicyclic) bond motifs is 1. The molecule has 0 saturated heterocycles. The highest BCUT2D eigenvalue weighted by atomic mass is 35.5. The fraction of sp³-hybridized carbons (Fsp3) is 0.240. The van der Waals surface area contributed by atoms with Gasteiger partial charge in [-0.2, -0.15) is 0 Å². The van der Waals surface area contributed by atoms with Crippen molar-refractivity contribution in [3.8, 4) is 0 Å². The summed E-state index contributed by atoms with van der Waals surface area (Å²) < 4.78 is 0. The predicted molar refractivity (Wildman–Crippen MR) is 123 cm³/mol. The van der Waals surface area contributed by atoms with Crippen LogP contribution in [0.25, 0.3) is 0 Å². The molecule has 0 unspecified atom stereocenters. The highest BCUT2D eigenvalue weighted by Crippen LogP contribution is 2.31. The Labute approximate surface area is 182 Å². The minimum Gasteiger partial charge on any atom is -0.380 e. The number of anilines is 1. The predicted octanol–water partition coefficient (Wildman–Crippen LogP) is 4.57. The molecule has 30 heavy (non-hydrogen) atoms. The highest BCUT2D eigenvalue weighted by molar-refractivity contribution is 6.33. The van der Waals surface area contributed by atoms with Crippen molar-refractivity contribution >= 4 is 23.2 Å². The van der Waals surface area contributed by atoms with Crippen LogP contribution in [0, 0.1) is 0 Å². The number of carbonyl (C=O) groups is 1. The van der Waals surface area contributed by atoms with E-state index in [0.717, 1.165) is 47.8 Å². The molecule has 4 nitrogen and oxygen atoms in total. The number of carbonyl (C=O) groups excluding carboxylic acids is 1. The number of hydrogen-bond donors (Lipinski definition) is 3. The van der Waals surface area contributed by atoms with E-state index in [4.69, 9.17) is 11.6 Å². The summed E-state index contributed by atoms with van der Waals surface area (Å²) in [6, 6.07) is 21.7. The molecule has 0 fully saturated rings. The van der Waals surface area contributed by atoms with Crippen LogP contribution in [0.4, 0.5) is 5.69 Å². The summed E-state index contributed by atoms with van der Waals surface area (Å²) in [5.74, 6) is -0.0673. The Balaban J connectivity index is 1.38. The first-order chi connectivity index (χ1) is 14.7. The van der Waals surface area contributed by atoms with Crippen LogP contribution < -0.4 is 16.0 Å². The number of nitrogens with one attached hydrogen (secondary N) is 3. The number of halogens is 1. The lowest BCUT2D eigenvalue weighted by molar-refractivity contribution is 0.0951. The molecule has 0 atom stereocenters. The van der Waals surface area contributed by atoms with Crippen LogP contribution in [-0.4, -0.2) is 19.0 Å². The van der Waals surface area contributed by atoms with E-state index in [1.807, 2.05) is 60.7 Å². The number of amides is 1. The van der Waals surface area contributed by atoms with E-state index in [-0.39, 0.29) is 5.91 Å². The zero-order valence-electron chi connectivity index (χ0n) is 16.9. The molecule has 0 radical (unpaired) electrons. The summed E-state index contributed by atoms with van der Waals surface area (Å²) in [4.78, 5) is 12.4. The number of benzene rings is 3. The first kappa shape index (κ1) is 20.5. The van der Waals surface area contributed by atoms with Gasteiger partial charge in [-0.25, -0.2) is 0 Å². The Morgan fingerprint density at radius 1 is 0.867 bits per heavy atom. The lowest BCUT2D eigenvalue weighted by Crippen LogP contribution is -2.22. The Bertz CT molecular complexity index is 1000. The summed E-state index contributed by atoms with van der Waals surface area (Å²) in [7, 11) is 0. The fourth-order valence-electron chi connectivity index (χ4n) is 3.78. The molecule has 1 amide bonds. The second-order valence-electron chi connectivity index (χ2n) is 7.53. The molecule has 1 heterocycles. The van der Waals surface area contributed by atoms with Crippen molar-refractivity contribution in [2.45, 2.75) is 25.9 Å². The molecular weight excluding hydrogens is 394 g/mol. The van der Waals surface area contributed by atoms with Crippen LogP contribution in [-0.2, 0) is 25.9 Å². The average Bonchev–Trinajstić information content (AvgIpc) is 3.03. The molecule has 154 valence electrons. The zero-order valence-corrected chi connectivity index (χ0v) is 17.6. The van der Waals surface area contributed by atoms with Gasteiger partial charge in [-0.15, -0.1) is 0 Å². The smallest absolute Gasteiger partial charge is 0.251 e. The molecule has 3 aromatic rings. The maximum Gasteiger partial charge on any atom is 0.251 e. The molecule has 1 aliphatic rings. The van der Waals surface area contributed by atoms with Crippen molar-refractivity contribution in [3.05, 3.63) is 99.6 Å². The molecule has 3 aromatic carbocycles. The average molecular weight is 420 g/mol. The van der Waals surface area contributed by atoms with Crippen LogP contribution in [0.2, 0.25) is 5.02 Å². The normalized spacial score (nSPS) is 13.2. The van der Waals surface area contributed by atoms with Gasteiger partial charge in [0.1, 0.15) is 0 Å². The molecule has 0 saturated carbocycles. The van der Waals surface area contributed by atoms with E-state index in [1.165, 1.54) is 11.1 Å². The lowest BCUT2D eigenvalue weighted by atomic mass is 10.0. The topological polar surface area (TPSA) is 53.2 Å². The molecule has 0 bridgehead atoms. The Kier molecular flexibility index (Phi) is 6.67. The summed E-state index contributed by atoms with van der Waals surface area (Å²) in [6.07, 6.45) is 1.99. The molecule has 0 aromatic heterocycles. The molecule has 3 N–H and O–H groups in total. The van der Waals surface area contributed by atoms with Crippen molar-refractivity contribution in [2.24, 2.45) is 0 Å². The van der Waals surface area contributed by atoms with Crippen molar-refractivity contribution in [3.63, 3.8) is 0 Å². The number of rotatable bonds is 6. The van der Waals surface area contributed by atoms with Crippen LogP contribution in [0.1, 0.15) is 32.6 Å². The highest BCUT2D eigenvalue weighted by Gasteiger charge is 2.14. The monoisotopic (exact) mass is 419 g/mol. The summed E-state index contributed by atoms with van der Waals surface area (Å²) in [5.41, 5.74) is 6.55. The third kappa shape index (κ3) is 5.02. The molecule has 0 spiro atoms. The first-order valence-corrected chi connectivity index (χ1v) is 10.7. The largest absolute Gasteiger partial charge is 0.380 e. The van der Waals surface area contributed by atoms with E-state index in [1.54, 1.807) is 0 Å². The maximum absolute atomic E-state index is 12.4. The van der Waals surface area contributed by atoms with Gasteiger partial charge in [0.25, 0.3) is 5.91 Å². The first-order valence-electron chi connectivity index (χ1n) is 10.4. The van der Waals surface area contributed by atoms with Gasteiger partial charge in [0, 0.05) is 18.7 Å². The van der Waals surface area contributed by atoms with Gasteiger partial charge in [0.2, 0.25) is 0 Å². The van der Waals surface area contributed by atoms with Crippen molar-refractivity contribution in [2.75, 3.05) is 18.4 Å². The van der Waals surface area contributed by atoms with E-state index < -0.39 is 0 Å². The van der Waals surface area contributed by atoms with E-state index >= 15 is 0 Å². The van der Waals surface area contributed by atoms with Crippen molar-refractivity contribution in [1.29, 1.82) is 0 Å². The van der Waals surface area contributed by atoms with Gasteiger partial charge in [-0.1, -0.05) is 60.1 Å². The second kappa shape index (κ2) is 9.79. The van der Waals surface area contributed by atoms with Gasteiger partial charge < -0.3 is 16.0 Å². The third-order valence-electron chi connectivity index (χ3n) is 5.46. The second-order valence-corrected chi connectivity index (χ2v) is 7.94. The Morgan fingerprint density at radius 3 is 2.40 bits per heavy atom. The molecule has 4 rings (SSSR count). The quantitative estimate of drug-likeness (QED) is 0.548. The van der Waals surface area contributed by atoms with Crippen LogP contribution in [0.15, 0.2) is 66.7 Å². The summed E-state index contributed by atoms with van der Waals surface area (Å²) in [6.45, 7) is 3.15. The molecule has 0 aliphatic carbocycles. The standard InChI is InChI=1S/C25H26ClN3O/c26-23-11-10-20-12-14-27-15-13-22(20)24(23)28-16-19-6-8-21(9-7-19)25(30)29-17-18-4-2-1-3-5-18/h1-11,27-28H,12-17H2,(H,29,30). The van der Waals surface area contributed by atoms with E-state index in [2.05, 4.69) is 22.0 Å². The van der Waals surface area contributed by atoms with Crippen LogP contribution >= 0.6 is 11.6 Å². The van der Waals surface area contributed by atoms with Gasteiger partial charge in [-0.3, -0.25) is 4.79 Å². The SMILES string of the molecule is O=C(NCc1ccccc1)c1ccc(CNc2c(Cl)ccc3c2CCNCC3)cc1. The number of hydrogen-bond acceptors (Lipinski definition) is 3. The van der Waals surface area contributed by atoms with Crippen molar-refractivity contribution < 1.29 is 4.79 Å². The molecule has 1 aliphatic heterocycles. The minimum absolute atomic E-state index is 0.0673. The van der Waals surface area contributed by atoms with Crippen LogP contribution in [0.3, 0.4) is 0 Å². The van der Waals surface area contributed by atoms with Crippen molar-refractivity contribution in [1.82, 2.24) is 10.6 Å². The molecular formula is C25H26ClN3O. The third-order valence-corrected chi connectivity index (χ3v) is 5.78. The lowest BCUT2D eigenvalue weighted by Gasteiger charge is -2.16. The zero-order chi connectivity index (χ0) is 20.8. The van der Waals surface area contributed by atoms with Gasteiger partial charge in [-0.05, 0) is 66.4 Å². The van der Waals surface area contributed by atoms with Gasteiger partial charge in [0.15, 0.2) is 0 Å².